The lowest BCUT2D eigenvalue weighted by molar-refractivity contribution is -0.0134. The third kappa shape index (κ3) is 8.55. The van der Waals surface area contributed by atoms with Crippen LogP contribution in [0.15, 0.2) is 0 Å². The molecule has 0 aliphatic heterocycles. The molecular formula is C4H11NO7P2+2. The first-order chi connectivity index (χ1) is 6.41. The van der Waals surface area contributed by atoms with E-state index < -0.39 is 29.0 Å². The van der Waals surface area contributed by atoms with Gasteiger partial charge in [-0.2, -0.15) is 0 Å². The van der Waals surface area contributed by atoms with Crippen LogP contribution in [0.1, 0.15) is 12.8 Å². The van der Waals surface area contributed by atoms with Gasteiger partial charge in [0.05, 0.1) is 0 Å². The molecule has 0 aliphatic carbocycles. The molecule has 0 aromatic heterocycles. The minimum Gasteiger partial charge on any atom is -0.379 e. The molecule has 0 fully saturated rings. The van der Waals surface area contributed by atoms with Crippen LogP contribution in [0.3, 0.4) is 0 Å². The van der Waals surface area contributed by atoms with Gasteiger partial charge in [-0.15, -0.1) is 9.79 Å². The summed E-state index contributed by atoms with van der Waals surface area (Å²) in [6, 6.07) is 0. The maximum absolute atomic E-state index is 10.2. The van der Waals surface area contributed by atoms with E-state index in [1.54, 1.807) is 0 Å². The van der Waals surface area contributed by atoms with E-state index in [4.69, 9.17) is 20.6 Å². The van der Waals surface area contributed by atoms with Gasteiger partial charge in [0.25, 0.3) is 6.29 Å². The highest BCUT2D eigenvalue weighted by molar-refractivity contribution is 7.32. The van der Waals surface area contributed by atoms with Crippen molar-refractivity contribution in [1.29, 1.82) is 0 Å². The molecule has 0 bridgehead atoms. The molecule has 0 aliphatic rings. The summed E-state index contributed by atoms with van der Waals surface area (Å²) in [5, 5.41) is 8.67. The average molecular weight is 247 g/mol. The zero-order valence-electron chi connectivity index (χ0n) is 7.02. The molecule has 0 rings (SSSR count). The number of aliphatic hydroxyl groups is 1. The predicted molar refractivity (Wildman–Crippen MR) is 45.0 cm³/mol. The van der Waals surface area contributed by atoms with Gasteiger partial charge in [0, 0.05) is 15.6 Å². The molecule has 3 atom stereocenters. The Kier molecular flexibility index (Phi) is 7.26. The van der Waals surface area contributed by atoms with Gasteiger partial charge in [-0.05, 0) is 6.42 Å². The fraction of sp³-hybridized carbons (Fsp3) is 1.00. The summed E-state index contributed by atoms with van der Waals surface area (Å²) in [5.74, 6) is 0. The Bertz CT molecular complexity index is 194. The van der Waals surface area contributed by atoms with Gasteiger partial charge in [0.1, 0.15) is 6.23 Å². The molecule has 0 saturated carbocycles. The molecule has 8 nitrogen and oxygen atoms in total. The van der Waals surface area contributed by atoms with Gasteiger partial charge >= 0.3 is 16.5 Å². The number of rotatable bonds is 7. The quantitative estimate of drug-likeness (QED) is 0.355. The summed E-state index contributed by atoms with van der Waals surface area (Å²) in [6.45, 7) is 0. The molecule has 0 aromatic carbocycles. The highest BCUT2D eigenvalue weighted by atomic mass is 31.1. The molecule has 82 valence electrons. The summed E-state index contributed by atoms with van der Waals surface area (Å²) in [5.41, 5.74) is 4.98. The van der Waals surface area contributed by atoms with Crippen LogP contribution in [-0.2, 0) is 18.2 Å². The van der Waals surface area contributed by atoms with Crippen molar-refractivity contribution in [1.82, 2.24) is 0 Å². The summed E-state index contributed by atoms with van der Waals surface area (Å²) in [4.78, 5) is 16.7. The predicted octanol–water partition coefficient (Wildman–Crippen LogP) is -0.298. The van der Waals surface area contributed by atoms with Crippen molar-refractivity contribution in [2.45, 2.75) is 25.4 Å². The van der Waals surface area contributed by atoms with E-state index >= 15 is 0 Å². The third-order valence-electron chi connectivity index (χ3n) is 1.11. The topological polar surface area (TPSA) is 139 Å². The van der Waals surface area contributed by atoms with Crippen LogP contribution in [0, 0.1) is 0 Å². The van der Waals surface area contributed by atoms with Crippen molar-refractivity contribution >= 4 is 16.5 Å². The maximum atomic E-state index is 10.2. The lowest BCUT2D eigenvalue weighted by Crippen LogP contribution is -2.22. The third-order valence-corrected chi connectivity index (χ3v) is 1.94. The van der Waals surface area contributed by atoms with Crippen molar-refractivity contribution < 1.29 is 33.1 Å². The summed E-state index contributed by atoms with van der Waals surface area (Å²) in [7, 11) is -5.88. The first-order valence-corrected chi connectivity index (χ1v) is 5.77. The molecule has 0 spiro atoms. The molecule has 14 heavy (non-hydrogen) atoms. The van der Waals surface area contributed by atoms with Crippen LogP contribution < -0.4 is 5.73 Å². The van der Waals surface area contributed by atoms with Gasteiger partial charge in [-0.3, -0.25) is 0 Å². The Labute approximate surface area is 81.5 Å². The van der Waals surface area contributed by atoms with Gasteiger partial charge < -0.3 is 10.8 Å². The zero-order valence-corrected chi connectivity index (χ0v) is 8.80. The zero-order chi connectivity index (χ0) is 11.1. The van der Waals surface area contributed by atoms with Crippen molar-refractivity contribution in [3.8, 4) is 0 Å². The first-order valence-electron chi connectivity index (χ1n) is 3.51. The van der Waals surface area contributed by atoms with E-state index in [0.29, 0.717) is 0 Å². The van der Waals surface area contributed by atoms with E-state index in [1.807, 2.05) is 0 Å². The molecule has 0 heterocycles. The first kappa shape index (κ1) is 14.0. The number of nitrogens with two attached hydrogens (primary N) is 1. The largest absolute Gasteiger partial charge is 0.697 e. The van der Waals surface area contributed by atoms with E-state index in [0.717, 1.165) is 0 Å². The normalized spacial score (nSPS) is 17.4. The molecule has 0 saturated heterocycles. The van der Waals surface area contributed by atoms with Crippen LogP contribution in [0.2, 0.25) is 0 Å². The molecular weight excluding hydrogens is 236 g/mol. The number of aliphatic hydroxyl groups excluding tert-OH is 1. The van der Waals surface area contributed by atoms with E-state index in [9.17, 15) is 9.13 Å². The van der Waals surface area contributed by atoms with Crippen LogP contribution >= 0.6 is 16.5 Å². The summed E-state index contributed by atoms with van der Waals surface area (Å²) < 4.78 is 28.9. The second-order valence-corrected chi connectivity index (χ2v) is 3.63. The fourth-order valence-electron chi connectivity index (χ4n) is 0.633. The highest BCUT2D eigenvalue weighted by Gasteiger charge is 2.32. The number of hydrogen-bond donors (Lipinski definition) is 4. The monoisotopic (exact) mass is 247 g/mol. The fourth-order valence-corrected chi connectivity index (χ4v) is 1.40. The Morgan fingerprint density at radius 1 is 1.14 bits per heavy atom. The Morgan fingerprint density at radius 2 is 1.57 bits per heavy atom. The lowest BCUT2D eigenvalue weighted by atomic mass is 10.3. The van der Waals surface area contributed by atoms with Crippen LogP contribution in [0.4, 0.5) is 0 Å². The second kappa shape index (κ2) is 7.28. The van der Waals surface area contributed by atoms with Crippen LogP contribution in [0.25, 0.3) is 0 Å². The van der Waals surface area contributed by atoms with Crippen molar-refractivity contribution in [3.05, 3.63) is 0 Å². The van der Waals surface area contributed by atoms with E-state index in [-0.39, 0.29) is 12.8 Å². The lowest BCUT2D eigenvalue weighted by Gasteiger charge is -2.04. The van der Waals surface area contributed by atoms with E-state index in [1.165, 1.54) is 0 Å². The molecule has 3 unspecified atom stereocenters. The smallest absolute Gasteiger partial charge is 0.379 e. The molecule has 10 heteroatoms. The molecule has 0 amide bonds. The molecule has 0 aromatic rings. The van der Waals surface area contributed by atoms with Crippen LogP contribution in [0.5, 0.6) is 0 Å². The Hall–Kier alpha value is -0.0400. The number of hydrogen-bond acceptors (Lipinski definition) is 6. The second-order valence-electron chi connectivity index (χ2n) is 2.26. The SMILES string of the molecule is NC(O)CCC(O[P+](=O)O)O[P+](=O)O. The summed E-state index contributed by atoms with van der Waals surface area (Å²) >= 11 is 0. The minimum absolute atomic E-state index is 0.0109. The van der Waals surface area contributed by atoms with Gasteiger partial charge in [0.2, 0.25) is 0 Å². The highest BCUT2D eigenvalue weighted by Crippen LogP contribution is 2.28. The average Bonchev–Trinajstić information content (AvgIpc) is 1.97. The van der Waals surface area contributed by atoms with Gasteiger partial charge in [-0.25, -0.2) is 0 Å². The Balaban J connectivity index is 3.96. The van der Waals surface area contributed by atoms with Gasteiger partial charge in [0.15, 0.2) is 0 Å². The molecule has 0 radical (unpaired) electrons. The van der Waals surface area contributed by atoms with Gasteiger partial charge in [-0.1, -0.05) is 9.05 Å². The Morgan fingerprint density at radius 3 is 1.86 bits per heavy atom. The van der Waals surface area contributed by atoms with Crippen molar-refractivity contribution in [2.75, 3.05) is 0 Å². The summed E-state index contributed by atoms with van der Waals surface area (Å²) in [6.07, 6.45) is -2.54. The standard InChI is InChI=1S/C4H9NO7P2/c5-3(6)1-2-4(11-13(7)8)12-14(9)10/h3-4,6H,1-2,5H2/p+2. The van der Waals surface area contributed by atoms with Crippen molar-refractivity contribution in [3.63, 3.8) is 0 Å². The van der Waals surface area contributed by atoms with Crippen LogP contribution in [-0.4, -0.2) is 27.4 Å². The molecule has 5 N–H and O–H groups in total. The van der Waals surface area contributed by atoms with E-state index in [2.05, 4.69) is 9.05 Å². The maximum Gasteiger partial charge on any atom is 0.697 e. The van der Waals surface area contributed by atoms with Crippen molar-refractivity contribution in [2.24, 2.45) is 5.73 Å². The minimum atomic E-state index is -2.94.